The van der Waals surface area contributed by atoms with Crippen LogP contribution in [0.2, 0.25) is 0 Å². The number of halogens is 2. The number of carbonyl (C=O) groups excluding carboxylic acids is 1. The van der Waals surface area contributed by atoms with Crippen molar-refractivity contribution in [1.29, 1.82) is 0 Å². The first-order valence-electron chi connectivity index (χ1n) is 6.06. The lowest BCUT2D eigenvalue weighted by Crippen LogP contribution is -2.40. The van der Waals surface area contributed by atoms with Crippen molar-refractivity contribution in [2.24, 2.45) is 11.7 Å². The van der Waals surface area contributed by atoms with Crippen molar-refractivity contribution >= 4 is 49.1 Å². The molecule has 0 aliphatic carbocycles. The molecule has 0 saturated carbocycles. The normalized spacial score (nSPS) is 20.2. The van der Waals surface area contributed by atoms with Gasteiger partial charge in [-0.05, 0) is 69.7 Å². The maximum absolute atomic E-state index is 12.4. The second-order valence-electron chi connectivity index (χ2n) is 4.57. The van der Waals surface area contributed by atoms with E-state index >= 15 is 0 Å². The summed E-state index contributed by atoms with van der Waals surface area (Å²) in [5.74, 6) is 0.694. The van der Waals surface area contributed by atoms with Crippen LogP contribution < -0.4 is 5.73 Å². The number of thiophene rings is 1. The summed E-state index contributed by atoms with van der Waals surface area (Å²) in [6, 6.07) is 1.89. The molecule has 2 N–H and O–H groups in total. The first kappa shape index (κ1) is 14.5. The van der Waals surface area contributed by atoms with Gasteiger partial charge in [-0.25, -0.2) is 0 Å². The molecule has 1 atom stereocenters. The molecule has 1 aliphatic heterocycles. The van der Waals surface area contributed by atoms with Crippen LogP contribution in [-0.2, 0) is 0 Å². The topological polar surface area (TPSA) is 46.3 Å². The van der Waals surface area contributed by atoms with Crippen LogP contribution in [0.3, 0.4) is 0 Å². The van der Waals surface area contributed by atoms with Gasteiger partial charge in [-0.1, -0.05) is 0 Å². The highest BCUT2D eigenvalue weighted by Crippen LogP contribution is 2.33. The molecule has 18 heavy (non-hydrogen) atoms. The van der Waals surface area contributed by atoms with E-state index in [0.717, 1.165) is 39.1 Å². The molecule has 1 amide bonds. The predicted molar refractivity (Wildman–Crippen MR) is 82.0 cm³/mol. The Morgan fingerprint density at radius 2 is 2.33 bits per heavy atom. The minimum absolute atomic E-state index is 0.130. The minimum atomic E-state index is 0.130. The van der Waals surface area contributed by atoms with Crippen LogP contribution in [0.5, 0.6) is 0 Å². The number of amides is 1. The van der Waals surface area contributed by atoms with E-state index < -0.39 is 0 Å². The van der Waals surface area contributed by atoms with Gasteiger partial charge in [0.15, 0.2) is 0 Å². The molecule has 2 heterocycles. The Balaban J connectivity index is 2.06. The van der Waals surface area contributed by atoms with Crippen molar-refractivity contribution in [3.8, 4) is 0 Å². The fourth-order valence-electron chi connectivity index (χ4n) is 2.38. The molecule has 0 bridgehead atoms. The average Bonchev–Trinajstić information content (AvgIpc) is 2.68. The molecule has 3 nitrogen and oxygen atoms in total. The van der Waals surface area contributed by atoms with Gasteiger partial charge in [0.2, 0.25) is 0 Å². The molecule has 2 rings (SSSR count). The Morgan fingerprint density at radius 1 is 1.56 bits per heavy atom. The van der Waals surface area contributed by atoms with Crippen LogP contribution in [0.25, 0.3) is 0 Å². The molecule has 100 valence electrons. The Kier molecular flexibility index (Phi) is 5.24. The number of piperidine rings is 1. The van der Waals surface area contributed by atoms with E-state index in [9.17, 15) is 4.79 Å². The van der Waals surface area contributed by atoms with Gasteiger partial charge < -0.3 is 10.6 Å². The number of nitrogens with two attached hydrogens (primary N) is 1. The van der Waals surface area contributed by atoms with E-state index in [-0.39, 0.29) is 5.91 Å². The number of nitrogens with zero attached hydrogens (tertiary/aromatic N) is 1. The van der Waals surface area contributed by atoms with Gasteiger partial charge in [-0.2, -0.15) is 0 Å². The number of carbonyl (C=O) groups is 1. The van der Waals surface area contributed by atoms with Gasteiger partial charge in [-0.3, -0.25) is 4.79 Å². The van der Waals surface area contributed by atoms with Gasteiger partial charge in [0.05, 0.1) is 13.1 Å². The van der Waals surface area contributed by atoms with E-state index in [1.54, 1.807) is 0 Å². The smallest absolute Gasteiger partial charge is 0.255 e. The van der Waals surface area contributed by atoms with Gasteiger partial charge in [-0.15, -0.1) is 11.3 Å². The molecule has 1 unspecified atom stereocenters. The number of hydrogen-bond acceptors (Lipinski definition) is 3. The summed E-state index contributed by atoms with van der Waals surface area (Å²) in [5.41, 5.74) is 6.37. The Hall–Kier alpha value is 0.0900. The van der Waals surface area contributed by atoms with Crippen molar-refractivity contribution in [2.75, 3.05) is 19.6 Å². The third-order valence-electron chi connectivity index (χ3n) is 3.27. The van der Waals surface area contributed by atoms with Gasteiger partial charge >= 0.3 is 0 Å². The van der Waals surface area contributed by atoms with Gasteiger partial charge in [0.25, 0.3) is 5.91 Å². The predicted octanol–water partition coefficient (Wildman–Crippen LogP) is 3.47. The summed E-state index contributed by atoms with van der Waals surface area (Å²) < 4.78 is 1.88. The molecule has 1 aromatic rings. The summed E-state index contributed by atoms with van der Waals surface area (Å²) in [4.78, 5) is 14.4. The number of hydrogen-bond donors (Lipinski definition) is 1. The lowest BCUT2D eigenvalue weighted by Gasteiger charge is -2.32. The van der Waals surface area contributed by atoms with Crippen molar-refractivity contribution < 1.29 is 4.79 Å². The average molecular weight is 396 g/mol. The van der Waals surface area contributed by atoms with Crippen LogP contribution in [0.4, 0.5) is 0 Å². The molecule has 0 spiro atoms. The Morgan fingerprint density at radius 3 is 2.94 bits per heavy atom. The third kappa shape index (κ3) is 3.35. The van der Waals surface area contributed by atoms with Crippen LogP contribution >= 0.6 is 43.2 Å². The molecule has 1 aromatic heterocycles. The largest absolute Gasteiger partial charge is 0.338 e. The number of likely N-dealkylation sites (tertiary alicyclic amines) is 1. The van der Waals surface area contributed by atoms with Crippen LogP contribution in [-0.4, -0.2) is 30.4 Å². The van der Waals surface area contributed by atoms with E-state index in [0.29, 0.717) is 12.5 Å². The Labute approximate surface area is 128 Å². The molecule has 1 aliphatic rings. The second-order valence-corrected chi connectivity index (χ2v) is 8.32. The Bertz CT molecular complexity index is 434. The fraction of sp³-hybridized carbons (Fsp3) is 0.583. The monoisotopic (exact) mass is 394 g/mol. The highest BCUT2D eigenvalue weighted by atomic mass is 79.9. The van der Waals surface area contributed by atoms with Gasteiger partial charge in [0.1, 0.15) is 0 Å². The van der Waals surface area contributed by atoms with Crippen molar-refractivity contribution in [3.63, 3.8) is 0 Å². The minimum Gasteiger partial charge on any atom is -0.338 e. The molecule has 0 aromatic carbocycles. The van der Waals surface area contributed by atoms with Crippen molar-refractivity contribution in [2.45, 2.75) is 19.3 Å². The molecular weight excluding hydrogens is 380 g/mol. The van der Waals surface area contributed by atoms with Crippen molar-refractivity contribution in [1.82, 2.24) is 4.90 Å². The zero-order valence-electron chi connectivity index (χ0n) is 9.99. The van der Waals surface area contributed by atoms with E-state index in [4.69, 9.17) is 5.73 Å². The summed E-state index contributed by atoms with van der Waals surface area (Å²) >= 11 is 8.40. The first-order chi connectivity index (χ1) is 8.61. The highest BCUT2D eigenvalue weighted by molar-refractivity contribution is 9.12. The highest BCUT2D eigenvalue weighted by Gasteiger charge is 2.26. The maximum Gasteiger partial charge on any atom is 0.255 e. The van der Waals surface area contributed by atoms with E-state index in [2.05, 4.69) is 31.9 Å². The summed E-state index contributed by atoms with van der Waals surface area (Å²) in [5, 5.41) is 0. The molecule has 0 radical (unpaired) electrons. The van der Waals surface area contributed by atoms with E-state index in [1.807, 2.05) is 11.0 Å². The lowest BCUT2D eigenvalue weighted by atomic mass is 9.94. The van der Waals surface area contributed by atoms with Crippen LogP contribution in [0.15, 0.2) is 13.6 Å². The van der Waals surface area contributed by atoms with Crippen LogP contribution in [0, 0.1) is 5.92 Å². The molecule has 1 fully saturated rings. The maximum atomic E-state index is 12.4. The molecule has 1 saturated heterocycles. The third-order valence-corrected chi connectivity index (χ3v) is 5.61. The standard InChI is InChI=1S/C12H16Br2N2OS/c13-10-6-9(11(14)18-10)12(17)16-5-1-2-8(7-16)3-4-15/h6,8H,1-5,7,15H2. The quantitative estimate of drug-likeness (QED) is 0.851. The zero-order chi connectivity index (χ0) is 13.1. The summed E-state index contributed by atoms with van der Waals surface area (Å²) in [7, 11) is 0. The first-order valence-corrected chi connectivity index (χ1v) is 8.46. The second kappa shape index (κ2) is 6.50. The zero-order valence-corrected chi connectivity index (χ0v) is 14.0. The van der Waals surface area contributed by atoms with Crippen LogP contribution in [0.1, 0.15) is 29.6 Å². The van der Waals surface area contributed by atoms with Gasteiger partial charge in [0, 0.05) is 13.1 Å². The molecular formula is C12H16Br2N2OS. The summed E-state index contributed by atoms with van der Waals surface area (Å²) in [6.07, 6.45) is 3.28. The fourth-order valence-corrected chi connectivity index (χ4v) is 5.15. The van der Waals surface area contributed by atoms with Crippen molar-refractivity contribution in [3.05, 3.63) is 19.2 Å². The lowest BCUT2D eigenvalue weighted by molar-refractivity contribution is 0.0669. The molecule has 6 heteroatoms. The summed E-state index contributed by atoms with van der Waals surface area (Å²) in [6.45, 7) is 2.41. The van der Waals surface area contributed by atoms with E-state index in [1.165, 1.54) is 17.8 Å². The number of rotatable bonds is 3. The SMILES string of the molecule is NCCC1CCCN(C(=O)c2cc(Br)sc2Br)C1.